The molecule has 0 spiro atoms. The van der Waals surface area contributed by atoms with Crippen LogP contribution in [-0.4, -0.2) is 7.11 Å². The molecule has 0 saturated carbocycles. The van der Waals surface area contributed by atoms with Crippen molar-refractivity contribution in [2.45, 2.75) is 0 Å². The number of hydrogen-bond acceptors (Lipinski definition) is 1. The van der Waals surface area contributed by atoms with E-state index in [1.54, 1.807) is 24.3 Å². The van der Waals surface area contributed by atoms with E-state index in [0.717, 1.165) is 6.07 Å². The SMILES string of the molecule is COc1ccccc1-c1cc(F)cc(F)c1Br. The van der Waals surface area contributed by atoms with Gasteiger partial charge in [-0.05, 0) is 28.1 Å². The average Bonchev–Trinajstić information content (AvgIpc) is 2.33. The molecule has 2 aromatic carbocycles. The molecular weight excluding hydrogens is 290 g/mol. The van der Waals surface area contributed by atoms with Crippen LogP contribution in [0.15, 0.2) is 40.9 Å². The second kappa shape index (κ2) is 4.84. The minimum Gasteiger partial charge on any atom is -0.496 e. The number of rotatable bonds is 2. The highest BCUT2D eigenvalue weighted by Gasteiger charge is 2.13. The Morgan fingerprint density at radius 3 is 2.47 bits per heavy atom. The molecule has 0 heterocycles. The highest BCUT2D eigenvalue weighted by molar-refractivity contribution is 9.10. The van der Waals surface area contributed by atoms with Gasteiger partial charge in [0.05, 0.1) is 11.6 Å². The van der Waals surface area contributed by atoms with Crippen LogP contribution in [-0.2, 0) is 0 Å². The molecule has 0 N–H and O–H groups in total. The topological polar surface area (TPSA) is 9.23 Å². The van der Waals surface area contributed by atoms with Crippen molar-refractivity contribution >= 4 is 15.9 Å². The Balaban J connectivity index is 2.68. The van der Waals surface area contributed by atoms with Crippen molar-refractivity contribution in [2.24, 2.45) is 0 Å². The van der Waals surface area contributed by atoms with E-state index in [9.17, 15) is 8.78 Å². The number of halogens is 3. The van der Waals surface area contributed by atoms with Crippen molar-refractivity contribution in [2.75, 3.05) is 7.11 Å². The first-order chi connectivity index (χ1) is 8.13. The summed E-state index contributed by atoms with van der Waals surface area (Å²) in [5.41, 5.74) is 1.07. The van der Waals surface area contributed by atoms with Crippen molar-refractivity contribution in [1.82, 2.24) is 0 Å². The fraction of sp³-hybridized carbons (Fsp3) is 0.0769. The largest absolute Gasteiger partial charge is 0.496 e. The van der Waals surface area contributed by atoms with Crippen LogP contribution in [0.1, 0.15) is 0 Å². The molecule has 0 saturated heterocycles. The standard InChI is InChI=1S/C13H9BrF2O/c1-17-12-5-3-2-4-9(12)10-6-8(15)7-11(16)13(10)14/h2-7H,1H3. The average molecular weight is 299 g/mol. The number of benzene rings is 2. The third-order valence-electron chi connectivity index (χ3n) is 2.39. The summed E-state index contributed by atoms with van der Waals surface area (Å²) in [4.78, 5) is 0. The molecule has 2 rings (SSSR count). The zero-order valence-corrected chi connectivity index (χ0v) is 10.6. The number of methoxy groups -OCH3 is 1. The summed E-state index contributed by atoms with van der Waals surface area (Å²) >= 11 is 3.12. The predicted molar refractivity (Wildman–Crippen MR) is 66.0 cm³/mol. The third-order valence-corrected chi connectivity index (χ3v) is 3.20. The Morgan fingerprint density at radius 1 is 1.06 bits per heavy atom. The molecule has 1 nitrogen and oxygen atoms in total. The van der Waals surface area contributed by atoms with Gasteiger partial charge in [0.25, 0.3) is 0 Å². The molecule has 0 aliphatic heterocycles. The Kier molecular flexibility index (Phi) is 3.43. The summed E-state index contributed by atoms with van der Waals surface area (Å²) in [6.07, 6.45) is 0. The first-order valence-corrected chi connectivity index (χ1v) is 5.70. The molecule has 2 aromatic rings. The van der Waals surface area contributed by atoms with Crippen molar-refractivity contribution in [3.8, 4) is 16.9 Å². The molecule has 4 heteroatoms. The van der Waals surface area contributed by atoms with E-state index < -0.39 is 11.6 Å². The van der Waals surface area contributed by atoms with Gasteiger partial charge in [0.2, 0.25) is 0 Å². The molecular formula is C13H9BrF2O. The molecule has 0 bridgehead atoms. The van der Waals surface area contributed by atoms with Crippen LogP contribution < -0.4 is 4.74 Å². The van der Waals surface area contributed by atoms with Gasteiger partial charge >= 0.3 is 0 Å². The first-order valence-electron chi connectivity index (χ1n) is 4.91. The highest BCUT2D eigenvalue weighted by Crippen LogP contribution is 2.36. The highest BCUT2D eigenvalue weighted by atomic mass is 79.9. The van der Waals surface area contributed by atoms with Crippen LogP contribution in [0.25, 0.3) is 11.1 Å². The van der Waals surface area contributed by atoms with Crippen molar-refractivity contribution in [3.05, 3.63) is 52.5 Å². The first kappa shape index (κ1) is 12.0. The minimum absolute atomic E-state index is 0.225. The smallest absolute Gasteiger partial charge is 0.140 e. The Labute approximate surface area is 106 Å². The predicted octanol–water partition coefficient (Wildman–Crippen LogP) is 4.40. The maximum atomic E-state index is 13.4. The lowest BCUT2D eigenvalue weighted by Crippen LogP contribution is -1.91. The van der Waals surface area contributed by atoms with Gasteiger partial charge in [0, 0.05) is 17.2 Å². The zero-order valence-electron chi connectivity index (χ0n) is 9.01. The van der Waals surface area contributed by atoms with Gasteiger partial charge < -0.3 is 4.74 Å². The fourth-order valence-corrected chi connectivity index (χ4v) is 2.06. The van der Waals surface area contributed by atoms with Crippen molar-refractivity contribution < 1.29 is 13.5 Å². The summed E-state index contributed by atoms with van der Waals surface area (Å²) in [5.74, 6) is -0.685. The molecule has 0 aliphatic rings. The molecule has 0 fully saturated rings. The summed E-state index contributed by atoms with van der Waals surface area (Å²) in [6, 6.07) is 9.18. The summed E-state index contributed by atoms with van der Waals surface area (Å²) < 4.78 is 32.1. The normalized spacial score (nSPS) is 10.4. The molecule has 17 heavy (non-hydrogen) atoms. The summed E-state index contributed by atoms with van der Waals surface area (Å²) in [6.45, 7) is 0. The molecule has 0 aliphatic carbocycles. The van der Waals surface area contributed by atoms with E-state index >= 15 is 0 Å². The van der Waals surface area contributed by atoms with Crippen molar-refractivity contribution in [1.29, 1.82) is 0 Å². The van der Waals surface area contributed by atoms with Crippen LogP contribution >= 0.6 is 15.9 Å². The van der Waals surface area contributed by atoms with Gasteiger partial charge in [-0.3, -0.25) is 0 Å². The van der Waals surface area contributed by atoms with E-state index in [1.807, 2.05) is 0 Å². The summed E-state index contributed by atoms with van der Waals surface area (Å²) in [5, 5.41) is 0. The molecule has 0 radical (unpaired) electrons. The van der Waals surface area contributed by atoms with Gasteiger partial charge in [0.15, 0.2) is 0 Å². The van der Waals surface area contributed by atoms with E-state index in [1.165, 1.54) is 13.2 Å². The van der Waals surface area contributed by atoms with Crippen LogP contribution in [0, 0.1) is 11.6 Å². The number of para-hydroxylation sites is 1. The number of hydrogen-bond donors (Lipinski definition) is 0. The minimum atomic E-state index is -0.633. The molecule has 0 aromatic heterocycles. The Bertz CT molecular complexity index is 555. The lowest BCUT2D eigenvalue weighted by molar-refractivity contribution is 0.416. The van der Waals surface area contributed by atoms with Gasteiger partial charge in [-0.1, -0.05) is 18.2 Å². The van der Waals surface area contributed by atoms with Crippen molar-refractivity contribution in [3.63, 3.8) is 0 Å². The van der Waals surface area contributed by atoms with E-state index in [4.69, 9.17) is 4.74 Å². The quantitative estimate of drug-likeness (QED) is 0.747. The van der Waals surface area contributed by atoms with Crippen LogP contribution in [0.2, 0.25) is 0 Å². The Morgan fingerprint density at radius 2 is 1.76 bits per heavy atom. The second-order valence-corrected chi connectivity index (χ2v) is 4.24. The van der Waals surface area contributed by atoms with E-state index in [2.05, 4.69) is 15.9 Å². The third kappa shape index (κ3) is 2.31. The van der Waals surface area contributed by atoms with Crippen LogP contribution in [0.4, 0.5) is 8.78 Å². The van der Waals surface area contributed by atoms with Gasteiger partial charge in [-0.2, -0.15) is 0 Å². The zero-order chi connectivity index (χ0) is 12.4. The fourth-order valence-electron chi connectivity index (χ4n) is 1.62. The monoisotopic (exact) mass is 298 g/mol. The lowest BCUT2D eigenvalue weighted by atomic mass is 10.0. The van der Waals surface area contributed by atoms with Crippen LogP contribution in [0.3, 0.4) is 0 Å². The Hall–Kier alpha value is -1.42. The van der Waals surface area contributed by atoms with E-state index in [0.29, 0.717) is 16.9 Å². The van der Waals surface area contributed by atoms with E-state index in [-0.39, 0.29) is 4.47 Å². The molecule has 88 valence electrons. The molecule has 0 amide bonds. The van der Waals surface area contributed by atoms with Gasteiger partial charge in [0.1, 0.15) is 17.4 Å². The molecule has 0 unspecified atom stereocenters. The second-order valence-electron chi connectivity index (χ2n) is 3.45. The van der Waals surface area contributed by atoms with Gasteiger partial charge in [-0.15, -0.1) is 0 Å². The number of ether oxygens (including phenoxy) is 1. The summed E-state index contributed by atoms with van der Waals surface area (Å²) in [7, 11) is 1.52. The maximum Gasteiger partial charge on any atom is 0.140 e. The maximum absolute atomic E-state index is 13.4. The van der Waals surface area contributed by atoms with Gasteiger partial charge in [-0.25, -0.2) is 8.78 Å². The lowest BCUT2D eigenvalue weighted by Gasteiger charge is -2.10. The van der Waals surface area contributed by atoms with Crippen LogP contribution in [0.5, 0.6) is 5.75 Å². The molecule has 0 atom stereocenters.